The van der Waals surface area contributed by atoms with Gasteiger partial charge in [0.25, 0.3) is 0 Å². The fourth-order valence-corrected chi connectivity index (χ4v) is 5.27. The topological polar surface area (TPSA) is 28.6 Å². The Balaban J connectivity index is 1.34. The van der Waals surface area contributed by atoms with Gasteiger partial charge in [-0.1, -0.05) is 12.1 Å². The van der Waals surface area contributed by atoms with Crippen LogP contribution in [0.15, 0.2) is 41.9 Å². The summed E-state index contributed by atoms with van der Waals surface area (Å²) in [7, 11) is 2.25. The van der Waals surface area contributed by atoms with Gasteiger partial charge in [-0.25, -0.2) is 0 Å². The van der Waals surface area contributed by atoms with Crippen molar-refractivity contribution in [3.63, 3.8) is 0 Å². The first-order valence-electron chi connectivity index (χ1n) is 9.14. The molecular formula is C20H27N3OS. The molecular weight excluding hydrogens is 330 g/mol. The average Bonchev–Trinajstić information content (AvgIpc) is 3.32. The zero-order valence-electron chi connectivity index (χ0n) is 14.9. The van der Waals surface area contributed by atoms with Gasteiger partial charge in [-0.2, -0.15) is 0 Å². The molecule has 2 saturated heterocycles. The number of likely N-dealkylation sites (tertiary alicyclic amines) is 2. The normalized spacial score (nSPS) is 27.5. The summed E-state index contributed by atoms with van der Waals surface area (Å²) in [5.74, 6) is 0.620. The standard InChI is InChI=1S/C20H27N3OS/c1-22-11-17(13-24-14-18-5-2-3-8-21-18)20(15-22)7-9-23(16-20)12-19-6-4-10-25-19/h2-6,8,10,17H,7,9,11-16H2,1H3/t17-,20-/m1/s1. The van der Waals surface area contributed by atoms with Crippen molar-refractivity contribution in [2.45, 2.75) is 19.6 Å². The molecule has 0 bridgehead atoms. The van der Waals surface area contributed by atoms with E-state index < -0.39 is 0 Å². The minimum Gasteiger partial charge on any atom is -0.375 e. The third kappa shape index (κ3) is 3.95. The van der Waals surface area contributed by atoms with Crippen LogP contribution in [0.2, 0.25) is 0 Å². The molecule has 2 fully saturated rings. The Morgan fingerprint density at radius 2 is 2.24 bits per heavy atom. The molecule has 4 rings (SSSR count). The lowest BCUT2D eigenvalue weighted by Crippen LogP contribution is -2.36. The predicted octanol–water partition coefficient (Wildman–Crippen LogP) is 3.11. The maximum Gasteiger partial charge on any atom is 0.0887 e. The van der Waals surface area contributed by atoms with E-state index in [4.69, 9.17) is 4.74 Å². The lowest BCUT2D eigenvalue weighted by molar-refractivity contribution is 0.0501. The number of thiophene rings is 1. The molecule has 2 aliphatic rings. The fourth-order valence-electron chi connectivity index (χ4n) is 4.52. The molecule has 134 valence electrons. The summed E-state index contributed by atoms with van der Waals surface area (Å²) in [6.45, 7) is 7.32. The van der Waals surface area contributed by atoms with Crippen LogP contribution in [0.3, 0.4) is 0 Å². The zero-order chi connectivity index (χ0) is 17.1. The molecule has 2 atom stereocenters. The highest BCUT2D eigenvalue weighted by atomic mass is 32.1. The minimum atomic E-state index is 0.399. The van der Waals surface area contributed by atoms with Gasteiger partial charge in [0.2, 0.25) is 0 Å². The molecule has 0 N–H and O–H groups in total. The molecule has 5 heteroatoms. The van der Waals surface area contributed by atoms with Crippen LogP contribution in [0, 0.1) is 11.3 Å². The third-order valence-electron chi connectivity index (χ3n) is 5.70. The van der Waals surface area contributed by atoms with E-state index in [9.17, 15) is 0 Å². The van der Waals surface area contributed by atoms with E-state index in [0.717, 1.165) is 25.4 Å². The van der Waals surface area contributed by atoms with Gasteiger partial charge in [0, 0.05) is 48.6 Å². The van der Waals surface area contributed by atoms with Gasteiger partial charge < -0.3 is 9.64 Å². The monoisotopic (exact) mass is 357 g/mol. The largest absolute Gasteiger partial charge is 0.375 e. The van der Waals surface area contributed by atoms with E-state index in [2.05, 4.69) is 39.3 Å². The first-order valence-corrected chi connectivity index (χ1v) is 10.0. The summed E-state index contributed by atoms with van der Waals surface area (Å²) < 4.78 is 6.07. The summed E-state index contributed by atoms with van der Waals surface area (Å²) in [6, 6.07) is 10.4. The summed E-state index contributed by atoms with van der Waals surface area (Å²) in [4.78, 5) is 11.0. The Morgan fingerprint density at radius 1 is 1.28 bits per heavy atom. The second-order valence-corrected chi connectivity index (χ2v) is 8.66. The lowest BCUT2D eigenvalue weighted by Gasteiger charge is -2.30. The van der Waals surface area contributed by atoms with Crippen molar-refractivity contribution in [3.8, 4) is 0 Å². The first kappa shape index (κ1) is 17.2. The highest BCUT2D eigenvalue weighted by molar-refractivity contribution is 7.09. The Hall–Kier alpha value is -1.27. The van der Waals surface area contributed by atoms with E-state index in [0.29, 0.717) is 17.9 Å². The minimum absolute atomic E-state index is 0.399. The molecule has 0 unspecified atom stereocenters. The molecule has 0 radical (unpaired) electrons. The summed E-state index contributed by atoms with van der Waals surface area (Å²) in [5.41, 5.74) is 1.42. The van der Waals surface area contributed by atoms with Gasteiger partial charge in [0.15, 0.2) is 0 Å². The molecule has 2 aromatic heterocycles. The van der Waals surface area contributed by atoms with E-state index in [1.807, 2.05) is 35.7 Å². The summed E-state index contributed by atoms with van der Waals surface area (Å²) >= 11 is 1.87. The number of aromatic nitrogens is 1. The highest BCUT2D eigenvalue weighted by Crippen LogP contribution is 2.44. The molecule has 25 heavy (non-hydrogen) atoms. The van der Waals surface area contributed by atoms with Crippen molar-refractivity contribution in [1.29, 1.82) is 0 Å². The quantitative estimate of drug-likeness (QED) is 0.794. The van der Waals surface area contributed by atoms with Gasteiger partial charge in [-0.05, 0) is 43.6 Å². The highest BCUT2D eigenvalue weighted by Gasteiger charge is 2.49. The predicted molar refractivity (Wildman–Crippen MR) is 102 cm³/mol. The first-order chi connectivity index (χ1) is 12.2. The Labute approximate surface area is 154 Å². The Kier molecular flexibility index (Phi) is 5.17. The van der Waals surface area contributed by atoms with Gasteiger partial charge in [0.05, 0.1) is 18.9 Å². The van der Waals surface area contributed by atoms with Crippen molar-refractivity contribution >= 4 is 11.3 Å². The molecule has 2 aromatic rings. The van der Waals surface area contributed by atoms with Crippen LogP contribution in [-0.2, 0) is 17.9 Å². The molecule has 0 aliphatic carbocycles. The fraction of sp³-hybridized carbons (Fsp3) is 0.550. The molecule has 1 spiro atoms. The zero-order valence-corrected chi connectivity index (χ0v) is 15.8. The van der Waals surface area contributed by atoms with Crippen molar-refractivity contribution in [2.75, 3.05) is 39.8 Å². The number of rotatable bonds is 6. The van der Waals surface area contributed by atoms with E-state index in [1.54, 1.807) is 0 Å². The van der Waals surface area contributed by atoms with Crippen LogP contribution < -0.4 is 0 Å². The van der Waals surface area contributed by atoms with Crippen LogP contribution >= 0.6 is 11.3 Å². The third-order valence-corrected chi connectivity index (χ3v) is 6.56. The summed E-state index contributed by atoms with van der Waals surface area (Å²) in [5, 5.41) is 2.18. The number of hydrogen-bond donors (Lipinski definition) is 0. The molecule has 0 amide bonds. The maximum absolute atomic E-state index is 6.07. The maximum atomic E-state index is 6.07. The van der Waals surface area contributed by atoms with Crippen LogP contribution in [0.5, 0.6) is 0 Å². The van der Waals surface area contributed by atoms with E-state index >= 15 is 0 Å². The molecule has 0 saturated carbocycles. The number of pyridine rings is 1. The molecule has 4 nitrogen and oxygen atoms in total. The molecule has 4 heterocycles. The summed E-state index contributed by atoms with van der Waals surface area (Å²) in [6.07, 6.45) is 3.13. The van der Waals surface area contributed by atoms with Crippen molar-refractivity contribution < 1.29 is 4.74 Å². The van der Waals surface area contributed by atoms with Crippen molar-refractivity contribution in [2.24, 2.45) is 11.3 Å². The Morgan fingerprint density at radius 3 is 3.04 bits per heavy atom. The van der Waals surface area contributed by atoms with E-state index in [1.165, 1.54) is 30.9 Å². The van der Waals surface area contributed by atoms with Crippen LogP contribution in [0.25, 0.3) is 0 Å². The second-order valence-electron chi connectivity index (χ2n) is 7.63. The van der Waals surface area contributed by atoms with Gasteiger partial charge >= 0.3 is 0 Å². The van der Waals surface area contributed by atoms with Crippen LogP contribution in [0.4, 0.5) is 0 Å². The number of nitrogens with zero attached hydrogens (tertiary/aromatic N) is 3. The van der Waals surface area contributed by atoms with Gasteiger partial charge in [0.1, 0.15) is 0 Å². The second kappa shape index (κ2) is 7.54. The van der Waals surface area contributed by atoms with Crippen LogP contribution in [0.1, 0.15) is 17.0 Å². The van der Waals surface area contributed by atoms with Crippen molar-refractivity contribution in [3.05, 3.63) is 52.5 Å². The smallest absolute Gasteiger partial charge is 0.0887 e. The van der Waals surface area contributed by atoms with Gasteiger partial charge in [-0.3, -0.25) is 9.88 Å². The lowest BCUT2D eigenvalue weighted by atomic mass is 9.77. The average molecular weight is 358 g/mol. The number of hydrogen-bond acceptors (Lipinski definition) is 5. The van der Waals surface area contributed by atoms with Gasteiger partial charge in [-0.15, -0.1) is 11.3 Å². The Bertz CT molecular complexity index is 663. The number of ether oxygens (including phenoxy) is 1. The molecule has 2 aliphatic heterocycles. The van der Waals surface area contributed by atoms with E-state index in [-0.39, 0.29) is 0 Å². The molecule has 0 aromatic carbocycles. The van der Waals surface area contributed by atoms with Crippen molar-refractivity contribution in [1.82, 2.24) is 14.8 Å². The van der Waals surface area contributed by atoms with Crippen LogP contribution in [-0.4, -0.2) is 54.6 Å². The SMILES string of the molecule is CN1C[C@H](COCc2ccccn2)[C@]2(CCN(Cc3cccs3)C2)C1.